The van der Waals surface area contributed by atoms with Crippen LogP contribution >= 0.6 is 0 Å². The quantitative estimate of drug-likeness (QED) is 0.688. The molecule has 0 saturated carbocycles. The number of benzene rings is 2. The van der Waals surface area contributed by atoms with Gasteiger partial charge in [0.15, 0.2) is 12.4 Å². The molecule has 0 radical (unpaired) electrons. The number of furan rings is 1. The Kier molecular flexibility index (Phi) is 5.56. The van der Waals surface area contributed by atoms with Crippen LogP contribution in [-0.2, 0) is 4.79 Å². The predicted molar refractivity (Wildman–Crippen MR) is 103 cm³/mol. The van der Waals surface area contributed by atoms with E-state index in [9.17, 15) is 9.59 Å². The van der Waals surface area contributed by atoms with E-state index in [-0.39, 0.29) is 24.2 Å². The molecule has 0 aliphatic rings. The van der Waals surface area contributed by atoms with E-state index in [0.717, 1.165) is 5.56 Å². The number of amides is 2. The standard InChI is InChI=1S/C21H20N2O4/c1-14-8-9-18(11-15(14)2)27-13-20(24)22-16-5-3-6-17(12-16)23-21(25)19-7-4-10-26-19/h3-12H,13H2,1-2H3,(H,22,24)(H,23,25). The molecule has 0 atom stereocenters. The van der Waals surface area contributed by atoms with Crippen molar-refractivity contribution in [2.24, 2.45) is 0 Å². The van der Waals surface area contributed by atoms with E-state index in [2.05, 4.69) is 10.6 Å². The average molecular weight is 364 g/mol. The summed E-state index contributed by atoms with van der Waals surface area (Å²) in [5.74, 6) is 0.211. The fourth-order valence-corrected chi connectivity index (χ4v) is 2.42. The number of ether oxygens (including phenoxy) is 1. The normalized spacial score (nSPS) is 10.3. The lowest BCUT2D eigenvalue weighted by molar-refractivity contribution is -0.118. The lowest BCUT2D eigenvalue weighted by atomic mass is 10.1. The molecule has 0 unspecified atom stereocenters. The van der Waals surface area contributed by atoms with Crippen LogP contribution in [0.1, 0.15) is 21.7 Å². The highest BCUT2D eigenvalue weighted by Crippen LogP contribution is 2.18. The molecule has 0 saturated heterocycles. The monoisotopic (exact) mass is 364 g/mol. The Bertz CT molecular complexity index is 949. The maximum atomic E-state index is 12.1. The van der Waals surface area contributed by atoms with Crippen molar-refractivity contribution in [3.63, 3.8) is 0 Å². The van der Waals surface area contributed by atoms with Crippen LogP contribution in [0.2, 0.25) is 0 Å². The summed E-state index contributed by atoms with van der Waals surface area (Å²) in [5, 5.41) is 5.46. The van der Waals surface area contributed by atoms with Crippen LogP contribution in [0.25, 0.3) is 0 Å². The maximum Gasteiger partial charge on any atom is 0.291 e. The van der Waals surface area contributed by atoms with Crippen LogP contribution < -0.4 is 15.4 Å². The third kappa shape index (κ3) is 4.98. The number of rotatable bonds is 6. The molecule has 3 aromatic rings. The molecular formula is C21H20N2O4. The number of aryl methyl sites for hydroxylation is 2. The third-order valence-electron chi connectivity index (χ3n) is 4.00. The second-order valence-electron chi connectivity index (χ2n) is 6.10. The molecule has 138 valence electrons. The number of nitrogens with one attached hydrogen (secondary N) is 2. The fourth-order valence-electron chi connectivity index (χ4n) is 2.42. The van der Waals surface area contributed by atoms with Gasteiger partial charge < -0.3 is 19.8 Å². The SMILES string of the molecule is Cc1ccc(OCC(=O)Nc2cccc(NC(=O)c3ccco3)c2)cc1C. The lowest BCUT2D eigenvalue weighted by Crippen LogP contribution is -2.20. The molecule has 0 fully saturated rings. The first-order valence-corrected chi connectivity index (χ1v) is 8.46. The molecule has 2 aromatic carbocycles. The molecule has 2 amide bonds. The largest absolute Gasteiger partial charge is 0.484 e. The first-order valence-electron chi connectivity index (χ1n) is 8.46. The molecule has 0 aliphatic carbocycles. The van der Waals surface area contributed by atoms with E-state index in [0.29, 0.717) is 17.1 Å². The van der Waals surface area contributed by atoms with Crippen molar-refractivity contribution >= 4 is 23.2 Å². The lowest BCUT2D eigenvalue weighted by Gasteiger charge is -2.10. The van der Waals surface area contributed by atoms with E-state index < -0.39 is 0 Å². The van der Waals surface area contributed by atoms with Gasteiger partial charge in [-0.05, 0) is 67.4 Å². The minimum atomic E-state index is -0.360. The zero-order chi connectivity index (χ0) is 19.2. The van der Waals surface area contributed by atoms with Crippen LogP contribution in [-0.4, -0.2) is 18.4 Å². The predicted octanol–water partition coefficient (Wildman–Crippen LogP) is 4.17. The second-order valence-corrected chi connectivity index (χ2v) is 6.10. The van der Waals surface area contributed by atoms with Gasteiger partial charge in [0.2, 0.25) is 0 Å². The Morgan fingerprint density at radius 1 is 0.926 bits per heavy atom. The van der Waals surface area contributed by atoms with Crippen molar-refractivity contribution in [1.29, 1.82) is 0 Å². The summed E-state index contributed by atoms with van der Waals surface area (Å²) in [7, 11) is 0. The number of anilines is 2. The van der Waals surface area contributed by atoms with E-state index in [1.54, 1.807) is 36.4 Å². The van der Waals surface area contributed by atoms with Gasteiger partial charge in [-0.2, -0.15) is 0 Å². The van der Waals surface area contributed by atoms with Gasteiger partial charge in [-0.25, -0.2) is 0 Å². The smallest absolute Gasteiger partial charge is 0.291 e. The third-order valence-corrected chi connectivity index (χ3v) is 4.00. The molecule has 27 heavy (non-hydrogen) atoms. The van der Waals surface area contributed by atoms with E-state index in [1.807, 2.05) is 32.0 Å². The van der Waals surface area contributed by atoms with Gasteiger partial charge in [0.05, 0.1) is 6.26 Å². The number of hydrogen-bond donors (Lipinski definition) is 2. The van der Waals surface area contributed by atoms with Crippen molar-refractivity contribution in [3.8, 4) is 5.75 Å². The van der Waals surface area contributed by atoms with Crippen LogP contribution in [0.4, 0.5) is 11.4 Å². The van der Waals surface area contributed by atoms with Gasteiger partial charge in [0.25, 0.3) is 11.8 Å². The Morgan fingerprint density at radius 3 is 2.41 bits per heavy atom. The van der Waals surface area contributed by atoms with Gasteiger partial charge in [-0.15, -0.1) is 0 Å². The average Bonchev–Trinajstić information content (AvgIpc) is 3.18. The molecule has 0 aliphatic heterocycles. The minimum absolute atomic E-state index is 0.106. The van der Waals surface area contributed by atoms with E-state index in [4.69, 9.17) is 9.15 Å². The summed E-state index contributed by atoms with van der Waals surface area (Å²) in [6, 6.07) is 15.7. The second kappa shape index (κ2) is 8.23. The van der Waals surface area contributed by atoms with Crippen molar-refractivity contribution in [2.45, 2.75) is 13.8 Å². The van der Waals surface area contributed by atoms with Crippen molar-refractivity contribution in [1.82, 2.24) is 0 Å². The maximum absolute atomic E-state index is 12.1. The Balaban J connectivity index is 1.56. The molecule has 2 N–H and O–H groups in total. The van der Waals surface area contributed by atoms with Crippen LogP contribution in [0, 0.1) is 13.8 Å². The van der Waals surface area contributed by atoms with Crippen LogP contribution in [0.15, 0.2) is 65.3 Å². The Labute approximate surface area is 157 Å². The van der Waals surface area contributed by atoms with Gasteiger partial charge in [0.1, 0.15) is 5.75 Å². The van der Waals surface area contributed by atoms with Crippen molar-refractivity contribution < 1.29 is 18.7 Å². The molecule has 6 nitrogen and oxygen atoms in total. The number of hydrogen-bond acceptors (Lipinski definition) is 4. The first kappa shape index (κ1) is 18.3. The van der Waals surface area contributed by atoms with Gasteiger partial charge in [-0.1, -0.05) is 12.1 Å². The molecule has 1 aromatic heterocycles. The molecular weight excluding hydrogens is 344 g/mol. The fraction of sp³-hybridized carbons (Fsp3) is 0.143. The highest BCUT2D eigenvalue weighted by atomic mass is 16.5. The summed E-state index contributed by atoms with van der Waals surface area (Å²) in [6.45, 7) is 3.90. The zero-order valence-electron chi connectivity index (χ0n) is 15.1. The summed E-state index contributed by atoms with van der Waals surface area (Å²) in [6.07, 6.45) is 1.43. The topological polar surface area (TPSA) is 80.6 Å². The number of carbonyl (C=O) groups is 2. The number of carbonyl (C=O) groups excluding carboxylic acids is 2. The van der Waals surface area contributed by atoms with E-state index >= 15 is 0 Å². The highest BCUT2D eigenvalue weighted by molar-refractivity contribution is 6.02. The van der Waals surface area contributed by atoms with Crippen molar-refractivity contribution in [3.05, 3.63) is 77.7 Å². The highest BCUT2D eigenvalue weighted by Gasteiger charge is 2.10. The molecule has 1 heterocycles. The summed E-state index contributed by atoms with van der Waals surface area (Å²) in [4.78, 5) is 24.1. The van der Waals surface area contributed by atoms with Crippen molar-refractivity contribution in [2.75, 3.05) is 17.2 Å². The van der Waals surface area contributed by atoms with Gasteiger partial charge in [0, 0.05) is 11.4 Å². The van der Waals surface area contributed by atoms with Gasteiger partial charge >= 0.3 is 0 Å². The minimum Gasteiger partial charge on any atom is -0.484 e. The molecule has 3 rings (SSSR count). The Hall–Kier alpha value is -3.54. The summed E-state index contributed by atoms with van der Waals surface area (Å²) in [5.41, 5.74) is 3.37. The first-order chi connectivity index (χ1) is 13.0. The van der Waals surface area contributed by atoms with Crippen LogP contribution in [0.5, 0.6) is 5.75 Å². The summed E-state index contributed by atoms with van der Waals surface area (Å²) < 4.78 is 10.6. The molecule has 0 bridgehead atoms. The van der Waals surface area contributed by atoms with Gasteiger partial charge in [-0.3, -0.25) is 9.59 Å². The van der Waals surface area contributed by atoms with Crippen LogP contribution in [0.3, 0.4) is 0 Å². The van der Waals surface area contributed by atoms with E-state index in [1.165, 1.54) is 11.8 Å². The summed E-state index contributed by atoms with van der Waals surface area (Å²) >= 11 is 0. The molecule has 6 heteroatoms. The Morgan fingerprint density at radius 2 is 1.70 bits per heavy atom. The zero-order valence-corrected chi connectivity index (χ0v) is 15.1. The molecule has 0 spiro atoms.